The summed E-state index contributed by atoms with van der Waals surface area (Å²) in [5.74, 6) is 0.677. The minimum Gasteiger partial charge on any atom is -0.356 e. The first-order valence-electron chi connectivity index (χ1n) is 5.33. The Kier molecular flexibility index (Phi) is 2.02. The Labute approximate surface area is 92.3 Å². The van der Waals surface area contributed by atoms with E-state index in [1.807, 2.05) is 6.07 Å². The molecular formula is C12H11FN2O. The molecule has 0 bridgehead atoms. The van der Waals surface area contributed by atoms with Gasteiger partial charge in [-0.25, -0.2) is 4.98 Å². The summed E-state index contributed by atoms with van der Waals surface area (Å²) >= 11 is 0. The smallest absolute Gasteiger partial charge is 0.213 e. The molecule has 3 nitrogen and oxygen atoms in total. The van der Waals surface area contributed by atoms with E-state index in [0.717, 1.165) is 5.69 Å². The third kappa shape index (κ3) is 1.71. The van der Waals surface area contributed by atoms with Gasteiger partial charge >= 0.3 is 0 Å². The van der Waals surface area contributed by atoms with Crippen molar-refractivity contribution in [2.24, 2.45) is 0 Å². The number of hydrogen-bond acceptors (Lipinski definition) is 3. The van der Waals surface area contributed by atoms with Crippen molar-refractivity contribution in [1.29, 1.82) is 0 Å². The van der Waals surface area contributed by atoms with Gasteiger partial charge in [-0.3, -0.25) is 0 Å². The molecule has 82 valence electrons. The molecule has 0 aliphatic heterocycles. The predicted molar refractivity (Wildman–Crippen MR) is 56.4 cm³/mol. The first-order chi connectivity index (χ1) is 7.72. The third-order valence-corrected chi connectivity index (χ3v) is 2.73. The van der Waals surface area contributed by atoms with Gasteiger partial charge in [0.1, 0.15) is 0 Å². The molecule has 1 aliphatic carbocycles. The molecule has 2 heterocycles. The van der Waals surface area contributed by atoms with Crippen molar-refractivity contribution in [1.82, 2.24) is 10.1 Å². The lowest BCUT2D eigenvalue weighted by Crippen LogP contribution is -1.87. The zero-order chi connectivity index (χ0) is 11.1. The van der Waals surface area contributed by atoms with Crippen molar-refractivity contribution >= 4 is 0 Å². The number of rotatable bonds is 2. The summed E-state index contributed by atoms with van der Waals surface area (Å²) in [6.07, 6.45) is 2.35. The molecule has 0 amide bonds. The maximum absolute atomic E-state index is 13.1. The SMILES string of the molecule is Cc1cc(-c2cc(C3CC3)no2)cc(F)n1. The van der Waals surface area contributed by atoms with Crippen molar-refractivity contribution < 1.29 is 8.91 Å². The van der Waals surface area contributed by atoms with E-state index in [9.17, 15) is 4.39 Å². The molecular weight excluding hydrogens is 207 g/mol. The Morgan fingerprint density at radius 2 is 2.12 bits per heavy atom. The molecule has 0 spiro atoms. The number of halogens is 1. The molecule has 0 N–H and O–H groups in total. The van der Waals surface area contributed by atoms with Gasteiger partial charge in [0.15, 0.2) is 5.76 Å². The molecule has 4 heteroatoms. The van der Waals surface area contributed by atoms with Crippen molar-refractivity contribution in [3.63, 3.8) is 0 Å². The molecule has 1 aliphatic rings. The lowest BCUT2D eigenvalue weighted by Gasteiger charge is -1.97. The molecule has 2 aromatic heterocycles. The van der Waals surface area contributed by atoms with Gasteiger partial charge in [-0.15, -0.1) is 0 Å². The predicted octanol–water partition coefficient (Wildman–Crippen LogP) is 3.06. The number of nitrogens with zero attached hydrogens (tertiary/aromatic N) is 2. The van der Waals surface area contributed by atoms with Crippen LogP contribution in [0.1, 0.15) is 30.1 Å². The van der Waals surface area contributed by atoms with Crippen LogP contribution in [0.2, 0.25) is 0 Å². The standard InChI is InChI=1S/C12H11FN2O/c1-7-4-9(5-12(13)14-7)11-6-10(15-16-11)8-2-3-8/h4-6,8H,2-3H2,1H3. The zero-order valence-electron chi connectivity index (χ0n) is 8.90. The highest BCUT2D eigenvalue weighted by molar-refractivity contribution is 5.57. The van der Waals surface area contributed by atoms with Crippen molar-refractivity contribution in [2.45, 2.75) is 25.7 Å². The van der Waals surface area contributed by atoms with Gasteiger partial charge in [-0.05, 0) is 25.8 Å². The van der Waals surface area contributed by atoms with Gasteiger partial charge in [-0.1, -0.05) is 5.16 Å². The fraction of sp³-hybridized carbons (Fsp3) is 0.333. The van der Waals surface area contributed by atoms with Crippen molar-refractivity contribution in [3.05, 3.63) is 35.5 Å². The van der Waals surface area contributed by atoms with E-state index in [1.54, 1.807) is 13.0 Å². The number of aryl methyl sites for hydroxylation is 1. The van der Waals surface area contributed by atoms with Crippen LogP contribution in [0.5, 0.6) is 0 Å². The fourth-order valence-electron chi connectivity index (χ4n) is 1.77. The highest BCUT2D eigenvalue weighted by Crippen LogP contribution is 2.40. The second kappa shape index (κ2) is 3.40. The summed E-state index contributed by atoms with van der Waals surface area (Å²) in [5.41, 5.74) is 2.31. The summed E-state index contributed by atoms with van der Waals surface area (Å²) in [5, 5.41) is 4.00. The molecule has 3 rings (SSSR count). The van der Waals surface area contributed by atoms with E-state index in [2.05, 4.69) is 10.1 Å². The summed E-state index contributed by atoms with van der Waals surface area (Å²) in [4.78, 5) is 3.69. The minimum atomic E-state index is -0.487. The third-order valence-electron chi connectivity index (χ3n) is 2.73. The topological polar surface area (TPSA) is 38.9 Å². The van der Waals surface area contributed by atoms with Crippen LogP contribution < -0.4 is 0 Å². The maximum Gasteiger partial charge on any atom is 0.213 e. The molecule has 2 aromatic rings. The zero-order valence-corrected chi connectivity index (χ0v) is 8.90. The van der Waals surface area contributed by atoms with E-state index in [4.69, 9.17) is 4.52 Å². The van der Waals surface area contributed by atoms with Gasteiger partial charge in [0.2, 0.25) is 5.95 Å². The van der Waals surface area contributed by atoms with Crippen LogP contribution in [-0.2, 0) is 0 Å². The van der Waals surface area contributed by atoms with Gasteiger partial charge in [-0.2, -0.15) is 4.39 Å². The van der Waals surface area contributed by atoms with Gasteiger partial charge in [0, 0.05) is 29.3 Å². The largest absolute Gasteiger partial charge is 0.356 e. The second-order valence-electron chi connectivity index (χ2n) is 4.21. The Morgan fingerprint density at radius 3 is 2.81 bits per heavy atom. The van der Waals surface area contributed by atoms with Crippen molar-refractivity contribution in [2.75, 3.05) is 0 Å². The van der Waals surface area contributed by atoms with Crippen LogP contribution in [-0.4, -0.2) is 10.1 Å². The van der Waals surface area contributed by atoms with Crippen LogP contribution in [0.4, 0.5) is 4.39 Å². The number of hydrogen-bond donors (Lipinski definition) is 0. The van der Waals surface area contributed by atoms with Crippen LogP contribution in [0.15, 0.2) is 22.7 Å². The summed E-state index contributed by atoms with van der Waals surface area (Å²) < 4.78 is 18.3. The number of aromatic nitrogens is 2. The average molecular weight is 218 g/mol. The molecule has 16 heavy (non-hydrogen) atoms. The maximum atomic E-state index is 13.1. The van der Waals surface area contributed by atoms with E-state index in [-0.39, 0.29) is 0 Å². The lowest BCUT2D eigenvalue weighted by molar-refractivity contribution is 0.423. The normalized spacial score (nSPS) is 15.4. The molecule has 1 saturated carbocycles. The van der Waals surface area contributed by atoms with Crippen LogP contribution in [0.25, 0.3) is 11.3 Å². The van der Waals surface area contributed by atoms with Gasteiger partial charge in [0.05, 0.1) is 5.69 Å². The fourth-order valence-corrected chi connectivity index (χ4v) is 1.77. The quantitative estimate of drug-likeness (QED) is 0.727. The summed E-state index contributed by atoms with van der Waals surface area (Å²) in [7, 11) is 0. The summed E-state index contributed by atoms with van der Waals surface area (Å²) in [6, 6.07) is 5.05. The van der Waals surface area contributed by atoms with Crippen LogP contribution in [0, 0.1) is 12.9 Å². The van der Waals surface area contributed by atoms with E-state index >= 15 is 0 Å². The Morgan fingerprint density at radius 1 is 1.31 bits per heavy atom. The van der Waals surface area contributed by atoms with Crippen LogP contribution >= 0.6 is 0 Å². The Balaban J connectivity index is 2.00. The van der Waals surface area contributed by atoms with E-state index in [1.165, 1.54) is 18.9 Å². The number of pyridine rings is 1. The molecule has 0 atom stereocenters. The Bertz CT molecular complexity index is 511. The monoisotopic (exact) mass is 218 g/mol. The van der Waals surface area contributed by atoms with E-state index in [0.29, 0.717) is 22.9 Å². The molecule has 0 saturated heterocycles. The molecule has 0 radical (unpaired) electrons. The Hall–Kier alpha value is -1.71. The van der Waals surface area contributed by atoms with Gasteiger partial charge < -0.3 is 4.52 Å². The molecule has 1 fully saturated rings. The van der Waals surface area contributed by atoms with E-state index < -0.39 is 5.95 Å². The average Bonchev–Trinajstić information content (AvgIpc) is 2.95. The highest BCUT2D eigenvalue weighted by Gasteiger charge is 2.27. The first kappa shape index (κ1) is 9.51. The first-order valence-corrected chi connectivity index (χ1v) is 5.33. The van der Waals surface area contributed by atoms with Gasteiger partial charge in [0.25, 0.3) is 0 Å². The highest BCUT2D eigenvalue weighted by atomic mass is 19.1. The molecule has 0 aromatic carbocycles. The summed E-state index contributed by atoms with van der Waals surface area (Å²) in [6.45, 7) is 1.75. The van der Waals surface area contributed by atoms with Crippen molar-refractivity contribution in [3.8, 4) is 11.3 Å². The van der Waals surface area contributed by atoms with Crippen LogP contribution in [0.3, 0.4) is 0 Å². The molecule has 0 unspecified atom stereocenters. The lowest BCUT2D eigenvalue weighted by atomic mass is 10.1. The second-order valence-corrected chi connectivity index (χ2v) is 4.21. The minimum absolute atomic E-state index is 0.487.